The Morgan fingerprint density at radius 3 is 2.23 bits per heavy atom. The maximum absolute atomic E-state index is 12.5. The third-order valence-corrected chi connectivity index (χ3v) is 6.77. The van der Waals surface area contributed by atoms with Crippen LogP contribution in [-0.4, -0.2) is 71.9 Å². The summed E-state index contributed by atoms with van der Waals surface area (Å²) < 4.78 is 0. The SMILES string of the molecule is Cc1cc(C)c(-c2csc(NC(=O)CN3CCN(CC(=O)NC4CC4)CC3)n2)cc1C. The lowest BCUT2D eigenvalue weighted by Gasteiger charge is -2.33. The molecular weight excluding hydrogens is 410 g/mol. The van der Waals surface area contributed by atoms with Crippen LogP contribution < -0.4 is 10.6 Å². The summed E-state index contributed by atoms with van der Waals surface area (Å²) in [6.45, 7) is 10.3. The minimum atomic E-state index is -0.0439. The van der Waals surface area contributed by atoms with Gasteiger partial charge in [0.25, 0.3) is 0 Å². The molecule has 8 heteroatoms. The number of aryl methyl sites for hydroxylation is 3. The van der Waals surface area contributed by atoms with E-state index in [0.717, 1.165) is 50.3 Å². The first-order valence-corrected chi connectivity index (χ1v) is 11.8. The minimum Gasteiger partial charge on any atom is -0.352 e. The van der Waals surface area contributed by atoms with Gasteiger partial charge in [-0.05, 0) is 56.4 Å². The number of carbonyl (C=O) groups excluding carboxylic acids is 2. The highest BCUT2D eigenvalue weighted by molar-refractivity contribution is 7.14. The van der Waals surface area contributed by atoms with Gasteiger partial charge in [0.15, 0.2) is 5.13 Å². The fourth-order valence-corrected chi connectivity index (χ4v) is 4.59. The van der Waals surface area contributed by atoms with Gasteiger partial charge in [0.05, 0.1) is 18.8 Å². The molecule has 2 amide bonds. The first kappa shape index (κ1) is 21.9. The van der Waals surface area contributed by atoms with Gasteiger partial charge in [0.1, 0.15) is 0 Å². The molecule has 2 N–H and O–H groups in total. The molecule has 2 aliphatic rings. The first-order valence-electron chi connectivity index (χ1n) is 10.9. The van der Waals surface area contributed by atoms with E-state index in [2.05, 4.69) is 58.3 Å². The summed E-state index contributed by atoms with van der Waals surface area (Å²) in [7, 11) is 0. The van der Waals surface area contributed by atoms with Crippen molar-refractivity contribution in [3.8, 4) is 11.3 Å². The predicted octanol–water partition coefficient (Wildman–Crippen LogP) is 2.57. The summed E-state index contributed by atoms with van der Waals surface area (Å²) in [6, 6.07) is 4.75. The summed E-state index contributed by atoms with van der Waals surface area (Å²) >= 11 is 1.46. The molecule has 1 aromatic heterocycles. The Morgan fingerprint density at radius 2 is 1.58 bits per heavy atom. The van der Waals surface area contributed by atoms with Crippen molar-refractivity contribution < 1.29 is 9.59 Å². The molecule has 166 valence electrons. The van der Waals surface area contributed by atoms with E-state index in [9.17, 15) is 9.59 Å². The molecule has 1 aliphatic heterocycles. The highest BCUT2D eigenvalue weighted by atomic mass is 32.1. The zero-order chi connectivity index (χ0) is 22.0. The Morgan fingerprint density at radius 1 is 0.968 bits per heavy atom. The molecule has 0 radical (unpaired) electrons. The average Bonchev–Trinajstić information content (AvgIpc) is 3.41. The summed E-state index contributed by atoms with van der Waals surface area (Å²) in [6.07, 6.45) is 2.22. The second kappa shape index (κ2) is 9.46. The maximum atomic E-state index is 12.5. The van der Waals surface area contributed by atoms with E-state index in [1.807, 2.05) is 5.38 Å². The molecule has 1 aliphatic carbocycles. The number of amides is 2. The van der Waals surface area contributed by atoms with Gasteiger partial charge in [0, 0.05) is 43.2 Å². The molecule has 0 unspecified atom stereocenters. The Balaban J connectivity index is 1.24. The van der Waals surface area contributed by atoms with Crippen LogP contribution in [-0.2, 0) is 9.59 Å². The maximum Gasteiger partial charge on any atom is 0.240 e. The van der Waals surface area contributed by atoms with Gasteiger partial charge in [-0.15, -0.1) is 11.3 Å². The third-order valence-electron chi connectivity index (χ3n) is 6.01. The second-order valence-electron chi connectivity index (χ2n) is 8.73. The smallest absolute Gasteiger partial charge is 0.240 e. The van der Waals surface area contributed by atoms with E-state index in [1.54, 1.807) is 0 Å². The molecule has 2 aromatic rings. The van der Waals surface area contributed by atoms with E-state index in [4.69, 9.17) is 0 Å². The molecule has 0 atom stereocenters. The molecule has 4 rings (SSSR count). The van der Waals surface area contributed by atoms with Gasteiger partial charge >= 0.3 is 0 Å². The number of nitrogens with one attached hydrogen (secondary N) is 2. The topological polar surface area (TPSA) is 77.6 Å². The van der Waals surface area contributed by atoms with Crippen molar-refractivity contribution in [2.75, 3.05) is 44.6 Å². The van der Waals surface area contributed by atoms with Crippen molar-refractivity contribution in [2.24, 2.45) is 0 Å². The molecule has 2 fully saturated rings. The van der Waals surface area contributed by atoms with Crippen LogP contribution in [0.3, 0.4) is 0 Å². The number of anilines is 1. The predicted molar refractivity (Wildman–Crippen MR) is 124 cm³/mol. The summed E-state index contributed by atoms with van der Waals surface area (Å²) in [5.41, 5.74) is 5.72. The molecule has 0 bridgehead atoms. The zero-order valence-electron chi connectivity index (χ0n) is 18.5. The number of carbonyl (C=O) groups is 2. The number of hydrogen-bond acceptors (Lipinski definition) is 6. The second-order valence-corrected chi connectivity index (χ2v) is 9.59. The van der Waals surface area contributed by atoms with Gasteiger partial charge in [-0.3, -0.25) is 19.4 Å². The monoisotopic (exact) mass is 441 g/mol. The number of aromatic nitrogens is 1. The lowest BCUT2D eigenvalue weighted by atomic mass is 9.99. The molecular formula is C23H31N5O2S. The van der Waals surface area contributed by atoms with Gasteiger partial charge in [-0.25, -0.2) is 4.98 Å². The molecule has 1 saturated carbocycles. The van der Waals surface area contributed by atoms with Crippen molar-refractivity contribution in [1.29, 1.82) is 0 Å². The number of piperazine rings is 1. The molecule has 2 heterocycles. The van der Waals surface area contributed by atoms with Crippen LogP contribution in [0, 0.1) is 20.8 Å². The van der Waals surface area contributed by atoms with E-state index in [1.165, 1.54) is 28.0 Å². The van der Waals surface area contributed by atoms with E-state index >= 15 is 0 Å². The van der Waals surface area contributed by atoms with E-state index in [-0.39, 0.29) is 11.8 Å². The van der Waals surface area contributed by atoms with E-state index in [0.29, 0.717) is 24.3 Å². The van der Waals surface area contributed by atoms with Crippen LogP contribution in [0.15, 0.2) is 17.5 Å². The van der Waals surface area contributed by atoms with Crippen molar-refractivity contribution >= 4 is 28.3 Å². The lowest BCUT2D eigenvalue weighted by Crippen LogP contribution is -2.51. The van der Waals surface area contributed by atoms with Gasteiger partial charge in [-0.1, -0.05) is 6.07 Å². The number of hydrogen-bond donors (Lipinski definition) is 2. The Bertz CT molecular complexity index is 961. The molecule has 31 heavy (non-hydrogen) atoms. The Labute approximate surface area is 187 Å². The van der Waals surface area contributed by atoms with E-state index < -0.39 is 0 Å². The summed E-state index contributed by atoms with van der Waals surface area (Å²) in [5, 5.41) is 8.61. The van der Waals surface area contributed by atoms with Crippen LogP contribution >= 0.6 is 11.3 Å². The largest absolute Gasteiger partial charge is 0.352 e. The summed E-state index contributed by atoms with van der Waals surface area (Å²) in [5.74, 6) is 0.0740. The Kier molecular flexibility index (Phi) is 6.69. The number of nitrogens with zero attached hydrogens (tertiary/aromatic N) is 3. The van der Waals surface area contributed by atoms with Gasteiger partial charge in [-0.2, -0.15) is 0 Å². The van der Waals surface area contributed by atoms with Gasteiger partial charge < -0.3 is 10.6 Å². The van der Waals surface area contributed by atoms with Crippen LogP contribution in [0.1, 0.15) is 29.5 Å². The molecule has 1 saturated heterocycles. The van der Waals surface area contributed by atoms with Crippen molar-refractivity contribution in [2.45, 2.75) is 39.7 Å². The first-order chi connectivity index (χ1) is 14.9. The van der Waals surface area contributed by atoms with Crippen LogP contribution in [0.4, 0.5) is 5.13 Å². The molecule has 1 aromatic carbocycles. The van der Waals surface area contributed by atoms with Crippen LogP contribution in [0.2, 0.25) is 0 Å². The quantitative estimate of drug-likeness (QED) is 0.691. The van der Waals surface area contributed by atoms with Crippen LogP contribution in [0.25, 0.3) is 11.3 Å². The zero-order valence-corrected chi connectivity index (χ0v) is 19.3. The molecule has 7 nitrogen and oxygen atoms in total. The van der Waals surface area contributed by atoms with Crippen LogP contribution in [0.5, 0.6) is 0 Å². The average molecular weight is 442 g/mol. The fraction of sp³-hybridized carbons (Fsp3) is 0.522. The number of thiazole rings is 1. The van der Waals surface area contributed by atoms with Crippen molar-refractivity contribution in [3.05, 3.63) is 34.2 Å². The highest BCUT2D eigenvalue weighted by Gasteiger charge is 2.25. The lowest BCUT2D eigenvalue weighted by molar-refractivity contribution is -0.123. The van der Waals surface area contributed by atoms with Gasteiger partial charge in [0.2, 0.25) is 11.8 Å². The summed E-state index contributed by atoms with van der Waals surface area (Å²) in [4.78, 5) is 33.4. The highest BCUT2D eigenvalue weighted by Crippen LogP contribution is 2.29. The third kappa shape index (κ3) is 5.90. The standard InChI is InChI=1S/C23H31N5O2S/c1-15-10-17(3)19(11-16(15)2)20-14-31-23(25-20)26-22(30)13-28-8-6-27(7-9-28)12-21(29)24-18-4-5-18/h10-11,14,18H,4-9,12-13H2,1-3H3,(H,24,29)(H,25,26,30). The van der Waals surface area contributed by atoms with Crippen molar-refractivity contribution in [1.82, 2.24) is 20.1 Å². The normalized spacial score (nSPS) is 17.5. The Hall–Kier alpha value is -2.29. The minimum absolute atomic E-state index is 0.0439. The van der Waals surface area contributed by atoms with Crippen molar-refractivity contribution in [3.63, 3.8) is 0 Å². The number of rotatable bonds is 7. The number of benzene rings is 1. The fourth-order valence-electron chi connectivity index (χ4n) is 3.86. The molecule has 0 spiro atoms.